The van der Waals surface area contributed by atoms with E-state index in [0.29, 0.717) is 35.5 Å². The Morgan fingerprint density at radius 2 is 1.89 bits per heavy atom. The number of rotatable bonds is 4. The lowest BCUT2D eigenvalue weighted by Crippen LogP contribution is -3.11. The van der Waals surface area contributed by atoms with Gasteiger partial charge in [-0.3, -0.25) is 4.79 Å². The van der Waals surface area contributed by atoms with Gasteiger partial charge >= 0.3 is 0 Å². The molecule has 7 heteroatoms. The molecule has 148 valence electrons. The van der Waals surface area contributed by atoms with E-state index in [1.807, 2.05) is 6.07 Å². The van der Waals surface area contributed by atoms with Gasteiger partial charge in [-0.2, -0.15) is 0 Å². The molecule has 5 nitrogen and oxygen atoms in total. The van der Waals surface area contributed by atoms with Gasteiger partial charge in [-0.1, -0.05) is 23.2 Å². The molecule has 4 rings (SSSR count). The number of carbonyl (C=O) groups is 1. The molecule has 2 N–H and O–H groups in total. The molecule has 2 aromatic rings. The van der Waals surface area contributed by atoms with E-state index in [2.05, 4.69) is 17.4 Å². The van der Waals surface area contributed by atoms with E-state index >= 15 is 0 Å². The van der Waals surface area contributed by atoms with Crippen molar-refractivity contribution in [2.24, 2.45) is 0 Å². The van der Waals surface area contributed by atoms with Gasteiger partial charge in [0.05, 0.1) is 30.5 Å². The van der Waals surface area contributed by atoms with E-state index in [4.69, 9.17) is 32.7 Å². The van der Waals surface area contributed by atoms with Gasteiger partial charge in [-0.05, 0) is 36.4 Å². The molecule has 2 aliphatic rings. The summed E-state index contributed by atoms with van der Waals surface area (Å²) in [7, 11) is 0. The van der Waals surface area contributed by atoms with Crippen molar-refractivity contribution in [3.05, 3.63) is 52.0 Å². The highest BCUT2D eigenvalue weighted by atomic mass is 35.5. The van der Waals surface area contributed by atoms with Crippen LogP contribution in [0.15, 0.2) is 36.4 Å². The zero-order valence-corrected chi connectivity index (χ0v) is 17.0. The standard InChI is InChI=1S/C21H22Cl2N2O3/c22-15-5-6-17(16(23)12-15)24-21(26)13-25-8-1-3-18(25)14-4-7-19-20(11-14)28-10-2-9-27-19/h4-7,11-12,18H,1-3,8-10,13H2,(H,24,26)/p+1/t18-/m1/s1. The van der Waals surface area contributed by atoms with Gasteiger partial charge < -0.3 is 19.7 Å². The maximum atomic E-state index is 12.6. The minimum atomic E-state index is -0.0551. The number of hydrogen-bond donors (Lipinski definition) is 2. The van der Waals surface area contributed by atoms with Gasteiger partial charge in [0.1, 0.15) is 6.04 Å². The molecule has 0 radical (unpaired) electrons. The van der Waals surface area contributed by atoms with Crippen molar-refractivity contribution >= 4 is 34.8 Å². The van der Waals surface area contributed by atoms with Gasteiger partial charge in [-0.25, -0.2) is 0 Å². The number of nitrogens with one attached hydrogen (secondary N) is 2. The van der Waals surface area contributed by atoms with E-state index < -0.39 is 0 Å². The molecule has 0 aliphatic carbocycles. The molecule has 0 bridgehead atoms. The lowest BCUT2D eigenvalue weighted by atomic mass is 10.0. The molecule has 2 heterocycles. The predicted molar refractivity (Wildman–Crippen MR) is 110 cm³/mol. The Bertz CT molecular complexity index is 875. The molecule has 0 saturated carbocycles. The fraction of sp³-hybridized carbons (Fsp3) is 0.381. The van der Waals surface area contributed by atoms with Gasteiger partial charge in [0, 0.05) is 29.8 Å². The van der Waals surface area contributed by atoms with Crippen LogP contribution in [0, 0.1) is 0 Å². The van der Waals surface area contributed by atoms with E-state index in [9.17, 15) is 4.79 Å². The van der Waals surface area contributed by atoms with Crippen molar-refractivity contribution in [3.63, 3.8) is 0 Å². The summed E-state index contributed by atoms with van der Waals surface area (Å²) in [4.78, 5) is 13.8. The molecule has 1 amide bonds. The first-order chi connectivity index (χ1) is 13.6. The molecule has 2 aliphatic heterocycles. The summed E-state index contributed by atoms with van der Waals surface area (Å²) < 4.78 is 11.6. The van der Waals surface area contributed by atoms with E-state index in [1.54, 1.807) is 18.2 Å². The molecule has 2 aromatic carbocycles. The van der Waals surface area contributed by atoms with Gasteiger partial charge in [-0.15, -0.1) is 0 Å². The average Bonchev–Trinajstić information content (AvgIpc) is 2.99. The lowest BCUT2D eigenvalue weighted by Gasteiger charge is -2.22. The van der Waals surface area contributed by atoms with Crippen molar-refractivity contribution in [1.82, 2.24) is 0 Å². The van der Waals surface area contributed by atoms with Crippen molar-refractivity contribution < 1.29 is 19.2 Å². The molecule has 2 atom stereocenters. The minimum absolute atomic E-state index is 0.0551. The van der Waals surface area contributed by atoms with Gasteiger partial charge in [0.25, 0.3) is 5.91 Å². The molecule has 1 fully saturated rings. The monoisotopic (exact) mass is 421 g/mol. The zero-order valence-electron chi connectivity index (χ0n) is 15.5. The van der Waals surface area contributed by atoms with Gasteiger partial charge in [0.2, 0.25) is 0 Å². The molecule has 28 heavy (non-hydrogen) atoms. The molecular weight excluding hydrogens is 399 g/mol. The third-order valence-electron chi connectivity index (χ3n) is 5.25. The van der Waals surface area contributed by atoms with Crippen LogP contribution >= 0.6 is 23.2 Å². The Hall–Kier alpha value is -1.95. The normalized spacial score (nSPS) is 21.2. The largest absolute Gasteiger partial charge is 0.490 e. The first-order valence-corrected chi connectivity index (χ1v) is 10.3. The third-order valence-corrected chi connectivity index (χ3v) is 5.80. The molecule has 0 aromatic heterocycles. The highest BCUT2D eigenvalue weighted by molar-refractivity contribution is 6.36. The summed E-state index contributed by atoms with van der Waals surface area (Å²) >= 11 is 12.1. The third kappa shape index (κ3) is 4.37. The second kappa shape index (κ2) is 8.60. The molecule has 1 unspecified atom stereocenters. The molecule has 1 saturated heterocycles. The van der Waals surface area contributed by atoms with E-state index in [0.717, 1.165) is 37.3 Å². The summed E-state index contributed by atoms with van der Waals surface area (Å²) in [6, 6.07) is 11.5. The first kappa shape index (κ1) is 19.4. The van der Waals surface area contributed by atoms with Crippen LogP contribution < -0.4 is 19.7 Å². The Balaban J connectivity index is 1.45. The van der Waals surface area contributed by atoms with Crippen LogP contribution in [0.5, 0.6) is 11.5 Å². The maximum absolute atomic E-state index is 12.6. The van der Waals surface area contributed by atoms with Crippen molar-refractivity contribution in [2.45, 2.75) is 25.3 Å². The Labute approximate surface area is 174 Å². The number of ether oxygens (including phenoxy) is 2. The van der Waals surface area contributed by atoms with Crippen molar-refractivity contribution in [3.8, 4) is 11.5 Å². The maximum Gasteiger partial charge on any atom is 0.279 e. The van der Waals surface area contributed by atoms with Crippen molar-refractivity contribution in [1.29, 1.82) is 0 Å². The first-order valence-electron chi connectivity index (χ1n) is 9.59. The van der Waals surface area contributed by atoms with Crippen LogP contribution in [-0.4, -0.2) is 32.2 Å². The Morgan fingerprint density at radius 3 is 2.71 bits per heavy atom. The Morgan fingerprint density at radius 1 is 1.07 bits per heavy atom. The number of fused-ring (bicyclic) bond motifs is 1. The predicted octanol–water partition coefficient (Wildman–Crippen LogP) is 3.51. The molecular formula is C21H23Cl2N2O3+. The van der Waals surface area contributed by atoms with Crippen molar-refractivity contribution in [2.75, 3.05) is 31.6 Å². The summed E-state index contributed by atoms with van der Waals surface area (Å²) in [5, 5.41) is 3.88. The van der Waals surface area contributed by atoms with Crippen LogP contribution in [0.1, 0.15) is 30.9 Å². The van der Waals surface area contributed by atoms with Crippen LogP contribution in [0.25, 0.3) is 0 Å². The van der Waals surface area contributed by atoms with Crippen LogP contribution in [0.3, 0.4) is 0 Å². The number of halogens is 2. The number of benzene rings is 2. The number of hydrogen-bond acceptors (Lipinski definition) is 3. The van der Waals surface area contributed by atoms with E-state index in [1.165, 1.54) is 10.5 Å². The molecule has 0 spiro atoms. The number of likely N-dealkylation sites (tertiary alicyclic amines) is 1. The van der Waals surface area contributed by atoms with Crippen LogP contribution in [-0.2, 0) is 4.79 Å². The number of quaternary nitrogens is 1. The van der Waals surface area contributed by atoms with Crippen LogP contribution in [0.4, 0.5) is 5.69 Å². The van der Waals surface area contributed by atoms with E-state index in [-0.39, 0.29) is 11.9 Å². The van der Waals surface area contributed by atoms with Gasteiger partial charge in [0.15, 0.2) is 18.0 Å². The summed E-state index contributed by atoms with van der Waals surface area (Å²) in [6.45, 7) is 2.70. The fourth-order valence-electron chi connectivity index (χ4n) is 3.91. The number of amides is 1. The Kier molecular flexibility index (Phi) is 5.95. The summed E-state index contributed by atoms with van der Waals surface area (Å²) in [5.74, 6) is 1.55. The highest BCUT2D eigenvalue weighted by Gasteiger charge is 2.32. The summed E-state index contributed by atoms with van der Waals surface area (Å²) in [6.07, 6.45) is 3.02. The topological polar surface area (TPSA) is 52.0 Å². The number of carbonyl (C=O) groups excluding carboxylic acids is 1. The summed E-state index contributed by atoms with van der Waals surface area (Å²) in [5.41, 5.74) is 1.77. The minimum Gasteiger partial charge on any atom is -0.490 e. The lowest BCUT2D eigenvalue weighted by molar-refractivity contribution is -0.910. The number of anilines is 1. The fourth-order valence-corrected chi connectivity index (χ4v) is 4.37. The highest BCUT2D eigenvalue weighted by Crippen LogP contribution is 2.33. The quantitative estimate of drug-likeness (QED) is 0.793. The average molecular weight is 422 g/mol. The second-order valence-corrected chi connectivity index (χ2v) is 8.05. The zero-order chi connectivity index (χ0) is 19.5. The smallest absolute Gasteiger partial charge is 0.279 e. The second-order valence-electron chi connectivity index (χ2n) is 7.21. The SMILES string of the molecule is O=C(C[NH+]1CCC[C@@H]1c1ccc2c(c1)OCCCO2)Nc1ccc(Cl)cc1Cl. The van der Waals surface area contributed by atoms with Crippen LogP contribution in [0.2, 0.25) is 10.0 Å².